The number of hydrogen-bond acceptors (Lipinski definition) is 6. The normalized spacial score (nSPS) is 12.3. The van der Waals surface area contributed by atoms with Gasteiger partial charge in [-0.05, 0) is 13.8 Å². The number of rotatable bonds is 6. The van der Waals surface area contributed by atoms with E-state index in [4.69, 9.17) is 9.79 Å². The lowest BCUT2D eigenvalue weighted by Gasteiger charge is -2.15. The van der Waals surface area contributed by atoms with Gasteiger partial charge < -0.3 is 15.9 Å². The van der Waals surface area contributed by atoms with Crippen molar-refractivity contribution in [2.75, 3.05) is 13.2 Å². The molecule has 0 fully saturated rings. The Labute approximate surface area is 82.0 Å². The predicted molar refractivity (Wildman–Crippen MR) is 49.0 cm³/mol. The molecular weight excluding hydrogens is 236 g/mol. The maximum atomic E-state index is 11.3. The van der Waals surface area contributed by atoms with Crippen LogP contribution in [-0.4, -0.2) is 23.0 Å². The van der Waals surface area contributed by atoms with Crippen LogP contribution >= 0.6 is 15.6 Å². The first-order chi connectivity index (χ1) is 5.83. The molecule has 0 spiro atoms. The smallest absolute Gasteiger partial charge is 0.344 e. The molecule has 0 aliphatic heterocycles. The predicted octanol–water partition coefficient (Wildman–Crippen LogP) is 1.44. The van der Waals surface area contributed by atoms with Gasteiger partial charge >= 0.3 is 15.6 Å². The summed E-state index contributed by atoms with van der Waals surface area (Å²) in [6, 6.07) is 0. The van der Waals surface area contributed by atoms with Gasteiger partial charge in [0, 0.05) is 0 Å². The molecule has 0 aliphatic rings. The zero-order valence-electron chi connectivity index (χ0n) is 7.95. The summed E-state index contributed by atoms with van der Waals surface area (Å²) in [5.41, 5.74) is 0. The lowest BCUT2D eigenvalue weighted by Crippen LogP contribution is -1.98. The fraction of sp³-hybridized carbons (Fsp3) is 1.00. The van der Waals surface area contributed by atoms with E-state index in [2.05, 4.69) is 13.4 Å². The second-order valence-electron chi connectivity index (χ2n) is 1.85. The van der Waals surface area contributed by atoms with Crippen LogP contribution in [0, 0.1) is 0 Å². The van der Waals surface area contributed by atoms with Crippen LogP contribution in [0.2, 0.25) is 0 Å². The fourth-order valence-corrected chi connectivity index (χ4v) is 2.66. The average Bonchev–Trinajstić information content (AvgIpc) is 1.82. The highest BCUT2D eigenvalue weighted by Crippen LogP contribution is 2.60. The van der Waals surface area contributed by atoms with E-state index < -0.39 is 15.6 Å². The van der Waals surface area contributed by atoms with E-state index in [1.165, 1.54) is 13.8 Å². The highest BCUT2D eigenvalue weighted by atomic mass is 31.3. The lowest BCUT2D eigenvalue weighted by molar-refractivity contribution is 0.149. The van der Waals surface area contributed by atoms with Crippen molar-refractivity contribution >= 4 is 15.6 Å². The molecule has 0 saturated carbocycles. The van der Waals surface area contributed by atoms with Gasteiger partial charge in [-0.25, -0.2) is 9.13 Å². The van der Waals surface area contributed by atoms with Crippen molar-refractivity contribution in [3.05, 3.63) is 0 Å². The molecule has 0 aromatic rings. The van der Waals surface area contributed by atoms with E-state index in [1.54, 1.807) is 0 Å². The van der Waals surface area contributed by atoms with Crippen LogP contribution in [0.3, 0.4) is 0 Å². The second kappa shape index (κ2) is 6.66. The molecule has 0 aliphatic carbocycles. The van der Waals surface area contributed by atoms with Crippen molar-refractivity contribution in [1.82, 2.24) is 6.15 Å². The summed E-state index contributed by atoms with van der Waals surface area (Å²) in [5, 5.41) is 0. The van der Waals surface area contributed by atoms with Crippen molar-refractivity contribution in [2.24, 2.45) is 0 Å². The van der Waals surface area contributed by atoms with Crippen LogP contribution in [0.25, 0.3) is 0 Å². The molecule has 0 rings (SSSR count). The summed E-state index contributed by atoms with van der Waals surface area (Å²) in [6.07, 6.45) is 0. The Morgan fingerprint density at radius 1 is 1.07 bits per heavy atom. The van der Waals surface area contributed by atoms with E-state index in [-0.39, 0.29) is 19.4 Å². The van der Waals surface area contributed by atoms with Crippen LogP contribution in [0.15, 0.2) is 0 Å². The second-order valence-corrected chi connectivity index (χ2v) is 4.90. The molecule has 0 aromatic carbocycles. The molecule has 10 heteroatoms. The average molecular weight is 251 g/mol. The van der Waals surface area contributed by atoms with Gasteiger partial charge in [-0.1, -0.05) is 0 Å². The van der Waals surface area contributed by atoms with Gasteiger partial charge in [0.25, 0.3) is 0 Å². The van der Waals surface area contributed by atoms with Gasteiger partial charge in [0.15, 0.2) is 0 Å². The summed E-state index contributed by atoms with van der Waals surface area (Å²) >= 11 is 0. The number of hydrogen-bond donors (Lipinski definition) is 3. The van der Waals surface area contributed by atoms with E-state index in [1.807, 2.05) is 0 Å². The van der Waals surface area contributed by atoms with E-state index in [0.717, 1.165) is 0 Å². The molecule has 0 amide bonds. The van der Waals surface area contributed by atoms with Gasteiger partial charge in [0.05, 0.1) is 13.2 Å². The van der Waals surface area contributed by atoms with Gasteiger partial charge in [-0.15, -0.1) is 0 Å². The van der Waals surface area contributed by atoms with Gasteiger partial charge in [-0.2, -0.15) is 4.31 Å². The first kappa shape index (κ1) is 16.6. The third-order valence-electron chi connectivity index (χ3n) is 0.781. The Bertz CT molecular complexity index is 228. The standard InChI is InChI=1S/C4H12O7P2.H3N/c1-3-9-13(8,10-4-2)11-12(5,6)7;/h3-4H2,1-2H3,(H2,5,6,7);1H3. The zero-order valence-corrected chi connectivity index (χ0v) is 9.74. The summed E-state index contributed by atoms with van der Waals surface area (Å²) < 4.78 is 34.4. The van der Waals surface area contributed by atoms with E-state index in [9.17, 15) is 9.13 Å². The zero-order chi connectivity index (χ0) is 10.5. The highest BCUT2D eigenvalue weighted by molar-refractivity contribution is 7.61. The van der Waals surface area contributed by atoms with Crippen molar-refractivity contribution in [3.8, 4) is 0 Å². The highest BCUT2D eigenvalue weighted by Gasteiger charge is 2.34. The van der Waals surface area contributed by atoms with Crippen LogP contribution in [-0.2, 0) is 22.5 Å². The third-order valence-corrected chi connectivity index (χ3v) is 3.58. The van der Waals surface area contributed by atoms with Gasteiger partial charge in [0.2, 0.25) is 0 Å². The van der Waals surface area contributed by atoms with Crippen molar-refractivity contribution in [3.63, 3.8) is 0 Å². The molecule has 0 atom stereocenters. The fourth-order valence-electron chi connectivity index (χ4n) is 0.531. The topological polar surface area (TPSA) is 137 Å². The summed E-state index contributed by atoms with van der Waals surface area (Å²) in [5.74, 6) is 0. The quantitative estimate of drug-likeness (QED) is 0.602. The van der Waals surface area contributed by atoms with Gasteiger partial charge in [0.1, 0.15) is 0 Å². The molecule has 5 N–H and O–H groups in total. The van der Waals surface area contributed by atoms with E-state index in [0.29, 0.717) is 0 Å². The lowest BCUT2D eigenvalue weighted by atomic mass is 10.9. The minimum absolute atomic E-state index is 0. The molecule has 0 unspecified atom stereocenters. The summed E-state index contributed by atoms with van der Waals surface area (Å²) in [4.78, 5) is 16.7. The number of phosphoric acid groups is 2. The van der Waals surface area contributed by atoms with Crippen LogP contribution < -0.4 is 6.15 Å². The molecule has 88 valence electrons. The minimum Gasteiger partial charge on any atom is -0.344 e. The molecule has 8 nitrogen and oxygen atoms in total. The largest absolute Gasteiger partial charge is 0.483 e. The maximum absolute atomic E-state index is 11.3. The summed E-state index contributed by atoms with van der Waals surface area (Å²) in [7, 11) is -8.96. The van der Waals surface area contributed by atoms with Crippen molar-refractivity contribution < 1.29 is 32.3 Å². The minimum atomic E-state index is -4.86. The first-order valence-corrected chi connectivity index (χ1v) is 6.48. The SMILES string of the molecule is CCOP(=O)(OCC)OP(=O)(O)O.N. The Hall–Kier alpha value is 0.220. The first-order valence-electron chi connectivity index (χ1n) is 3.49. The molecular formula is C4H15NO7P2. The Morgan fingerprint density at radius 2 is 1.43 bits per heavy atom. The Kier molecular flexibility index (Phi) is 7.91. The third kappa shape index (κ3) is 7.61. The van der Waals surface area contributed by atoms with Crippen molar-refractivity contribution in [2.45, 2.75) is 13.8 Å². The monoisotopic (exact) mass is 251 g/mol. The van der Waals surface area contributed by atoms with Gasteiger partial charge in [-0.3, -0.25) is 9.05 Å². The molecule has 0 aromatic heterocycles. The molecule has 0 saturated heterocycles. The molecule has 0 heterocycles. The van der Waals surface area contributed by atoms with Crippen LogP contribution in [0.1, 0.15) is 13.8 Å². The summed E-state index contributed by atoms with van der Waals surface area (Å²) in [6.45, 7) is 2.93. The van der Waals surface area contributed by atoms with E-state index >= 15 is 0 Å². The molecule has 0 radical (unpaired) electrons. The molecule has 0 bridgehead atoms. The Balaban J connectivity index is 0. The maximum Gasteiger partial charge on any atom is 0.483 e. The van der Waals surface area contributed by atoms with Crippen LogP contribution in [0.4, 0.5) is 0 Å². The van der Waals surface area contributed by atoms with Crippen molar-refractivity contribution in [1.29, 1.82) is 0 Å². The van der Waals surface area contributed by atoms with Crippen LogP contribution in [0.5, 0.6) is 0 Å². The Morgan fingerprint density at radius 3 is 1.64 bits per heavy atom. The molecule has 14 heavy (non-hydrogen) atoms. The number of phosphoric ester groups is 1.